The molecule has 66 valence electrons. The van der Waals surface area contributed by atoms with Crippen molar-refractivity contribution in [1.29, 1.82) is 0 Å². The molecule has 0 aromatic rings. The van der Waals surface area contributed by atoms with E-state index in [2.05, 4.69) is 18.8 Å². The second-order valence-corrected chi connectivity index (χ2v) is 3.37. The molecule has 0 N–H and O–H groups in total. The zero-order valence-corrected chi connectivity index (χ0v) is 7.92. The maximum Gasteiger partial charge on any atom is 0.298 e. The van der Waals surface area contributed by atoms with Crippen LogP contribution in [0.3, 0.4) is 0 Å². The summed E-state index contributed by atoms with van der Waals surface area (Å²) >= 11 is 0. The van der Waals surface area contributed by atoms with E-state index in [1.807, 2.05) is 7.05 Å². The minimum absolute atomic E-state index is 0.0584. The molecule has 1 amide bonds. The topological polar surface area (TPSA) is 20.3 Å². The number of hydrogen-bond acceptors (Lipinski definition) is 1. The van der Waals surface area contributed by atoms with E-state index in [9.17, 15) is 4.79 Å². The number of nitrogens with zero attached hydrogens (tertiary/aromatic N) is 1. The highest BCUT2D eigenvalue weighted by molar-refractivity contribution is 5.93. The Bertz CT molecular complexity index is 232. The molecule has 1 aliphatic rings. The molecular formula is C10H15NO. The molecule has 2 heteroatoms. The Kier molecular flexibility index (Phi) is 2.75. The molecule has 0 bridgehead atoms. The van der Waals surface area contributed by atoms with Crippen LogP contribution in [0.1, 0.15) is 26.7 Å². The van der Waals surface area contributed by atoms with Gasteiger partial charge in [0.05, 0.1) is 0 Å². The molecule has 1 fully saturated rings. The quantitative estimate of drug-likeness (QED) is 0.564. The molecule has 0 heterocycles. The van der Waals surface area contributed by atoms with Gasteiger partial charge in [0.25, 0.3) is 5.91 Å². The fraction of sp³-hybridized carbons (Fsp3) is 0.700. The maximum atomic E-state index is 11.3. The molecule has 1 atom stereocenters. The van der Waals surface area contributed by atoms with Crippen LogP contribution < -0.4 is 0 Å². The van der Waals surface area contributed by atoms with Crippen LogP contribution in [0.2, 0.25) is 0 Å². The lowest BCUT2D eigenvalue weighted by Crippen LogP contribution is -2.35. The summed E-state index contributed by atoms with van der Waals surface area (Å²) in [4.78, 5) is 13.0. The maximum absolute atomic E-state index is 11.3. The number of carbonyl (C=O) groups is 1. The monoisotopic (exact) mass is 165 g/mol. The number of amides is 1. The van der Waals surface area contributed by atoms with E-state index in [0.717, 1.165) is 5.92 Å². The average Bonchev–Trinajstić information content (AvgIpc) is 2.84. The van der Waals surface area contributed by atoms with E-state index in [0.29, 0.717) is 6.04 Å². The van der Waals surface area contributed by atoms with Crippen molar-refractivity contribution in [2.75, 3.05) is 7.05 Å². The van der Waals surface area contributed by atoms with Gasteiger partial charge < -0.3 is 4.90 Å². The third kappa shape index (κ3) is 2.01. The van der Waals surface area contributed by atoms with Crippen LogP contribution in [0.5, 0.6) is 0 Å². The first-order valence-electron chi connectivity index (χ1n) is 4.36. The number of hydrogen-bond donors (Lipinski definition) is 0. The summed E-state index contributed by atoms with van der Waals surface area (Å²) in [6, 6.07) is 0.360. The Morgan fingerprint density at radius 2 is 2.17 bits per heavy atom. The predicted molar refractivity (Wildman–Crippen MR) is 48.4 cm³/mol. The molecule has 0 aromatic carbocycles. The van der Waals surface area contributed by atoms with E-state index in [1.165, 1.54) is 12.8 Å². The van der Waals surface area contributed by atoms with E-state index in [4.69, 9.17) is 0 Å². The van der Waals surface area contributed by atoms with Crippen molar-refractivity contribution in [3.8, 4) is 11.8 Å². The van der Waals surface area contributed by atoms with E-state index < -0.39 is 0 Å². The summed E-state index contributed by atoms with van der Waals surface area (Å²) in [7, 11) is 1.83. The van der Waals surface area contributed by atoms with Crippen molar-refractivity contribution >= 4 is 5.91 Å². The SMILES string of the molecule is CC#CC(=O)N(C)C(C)C1CC1. The lowest BCUT2D eigenvalue weighted by molar-refractivity contribution is -0.125. The summed E-state index contributed by atoms with van der Waals surface area (Å²) in [6.07, 6.45) is 2.52. The van der Waals surface area contributed by atoms with Crippen molar-refractivity contribution in [1.82, 2.24) is 4.90 Å². The predicted octanol–water partition coefficient (Wildman–Crippen LogP) is 1.27. The van der Waals surface area contributed by atoms with Gasteiger partial charge in [-0.3, -0.25) is 4.79 Å². The summed E-state index contributed by atoms with van der Waals surface area (Å²) in [5.41, 5.74) is 0. The van der Waals surface area contributed by atoms with Crippen molar-refractivity contribution < 1.29 is 4.79 Å². The Morgan fingerprint density at radius 3 is 2.58 bits per heavy atom. The fourth-order valence-corrected chi connectivity index (χ4v) is 1.27. The zero-order valence-electron chi connectivity index (χ0n) is 7.92. The van der Waals surface area contributed by atoms with Gasteiger partial charge in [0.15, 0.2) is 0 Å². The summed E-state index contributed by atoms with van der Waals surface area (Å²) in [6.45, 7) is 3.78. The molecule has 0 aromatic heterocycles. The zero-order chi connectivity index (χ0) is 9.14. The third-order valence-electron chi connectivity index (χ3n) is 2.47. The summed E-state index contributed by atoms with van der Waals surface area (Å²) < 4.78 is 0. The van der Waals surface area contributed by atoms with E-state index in [-0.39, 0.29) is 5.91 Å². The van der Waals surface area contributed by atoms with Gasteiger partial charge in [-0.05, 0) is 38.5 Å². The molecule has 1 unspecified atom stereocenters. The smallest absolute Gasteiger partial charge is 0.298 e. The van der Waals surface area contributed by atoms with Crippen molar-refractivity contribution in [2.24, 2.45) is 5.92 Å². The minimum atomic E-state index is -0.0584. The van der Waals surface area contributed by atoms with Crippen LogP contribution in [0, 0.1) is 17.8 Å². The highest BCUT2D eigenvalue weighted by Gasteiger charge is 2.31. The second-order valence-electron chi connectivity index (χ2n) is 3.37. The molecule has 2 nitrogen and oxygen atoms in total. The highest BCUT2D eigenvalue weighted by Crippen LogP contribution is 2.34. The van der Waals surface area contributed by atoms with Gasteiger partial charge in [-0.25, -0.2) is 0 Å². The van der Waals surface area contributed by atoms with Crippen molar-refractivity contribution in [3.63, 3.8) is 0 Å². The lowest BCUT2D eigenvalue weighted by Gasteiger charge is -2.22. The molecule has 1 saturated carbocycles. The normalized spacial score (nSPS) is 17.6. The standard InChI is InChI=1S/C10H15NO/c1-4-5-10(12)11(3)8(2)9-6-7-9/h8-9H,6-7H2,1-3H3. The fourth-order valence-electron chi connectivity index (χ4n) is 1.27. The van der Waals surface area contributed by atoms with Crippen LogP contribution in [-0.4, -0.2) is 23.9 Å². The largest absolute Gasteiger partial charge is 0.332 e. The van der Waals surface area contributed by atoms with E-state index in [1.54, 1.807) is 11.8 Å². The molecule has 0 aliphatic heterocycles. The van der Waals surface area contributed by atoms with Crippen LogP contribution in [0.15, 0.2) is 0 Å². The van der Waals surface area contributed by atoms with Gasteiger partial charge in [0.2, 0.25) is 0 Å². The number of rotatable bonds is 2. The Hall–Kier alpha value is -0.970. The molecule has 1 rings (SSSR count). The molecule has 12 heavy (non-hydrogen) atoms. The second kappa shape index (κ2) is 3.62. The summed E-state index contributed by atoms with van der Waals surface area (Å²) in [5, 5.41) is 0. The van der Waals surface area contributed by atoms with Gasteiger partial charge in [0, 0.05) is 13.1 Å². The molecule has 0 saturated heterocycles. The highest BCUT2D eigenvalue weighted by atomic mass is 16.2. The lowest BCUT2D eigenvalue weighted by atomic mass is 10.2. The van der Waals surface area contributed by atoms with Crippen LogP contribution in [0.4, 0.5) is 0 Å². The van der Waals surface area contributed by atoms with Gasteiger partial charge in [-0.15, -0.1) is 0 Å². The van der Waals surface area contributed by atoms with Gasteiger partial charge in [-0.2, -0.15) is 0 Å². The Balaban J connectivity index is 2.48. The third-order valence-corrected chi connectivity index (χ3v) is 2.47. The van der Waals surface area contributed by atoms with Gasteiger partial charge >= 0.3 is 0 Å². The first-order chi connectivity index (χ1) is 5.66. The average molecular weight is 165 g/mol. The Morgan fingerprint density at radius 1 is 1.58 bits per heavy atom. The van der Waals surface area contributed by atoms with Crippen molar-refractivity contribution in [2.45, 2.75) is 32.7 Å². The van der Waals surface area contributed by atoms with Gasteiger partial charge in [0.1, 0.15) is 0 Å². The molecule has 0 spiro atoms. The van der Waals surface area contributed by atoms with E-state index >= 15 is 0 Å². The molecule has 1 aliphatic carbocycles. The first kappa shape index (κ1) is 9.12. The number of carbonyl (C=O) groups excluding carboxylic acids is 1. The first-order valence-corrected chi connectivity index (χ1v) is 4.36. The summed E-state index contributed by atoms with van der Waals surface area (Å²) in [5.74, 6) is 5.83. The van der Waals surface area contributed by atoms with Crippen molar-refractivity contribution in [3.05, 3.63) is 0 Å². The molecule has 0 radical (unpaired) electrons. The molecular weight excluding hydrogens is 150 g/mol. The van der Waals surface area contributed by atoms with Crippen LogP contribution in [-0.2, 0) is 4.79 Å². The van der Waals surface area contributed by atoms with Crippen LogP contribution in [0.25, 0.3) is 0 Å². The Labute approximate surface area is 73.9 Å². The van der Waals surface area contributed by atoms with Gasteiger partial charge in [-0.1, -0.05) is 5.92 Å². The van der Waals surface area contributed by atoms with Crippen LogP contribution >= 0.6 is 0 Å². The minimum Gasteiger partial charge on any atom is -0.332 e.